The predicted octanol–water partition coefficient (Wildman–Crippen LogP) is 3.29. The van der Waals surface area contributed by atoms with Gasteiger partial charge >= 0.3 is 0 Å². The van der Waals surface area contributed by atoms with Gasteiger partial charge in [-0.2, -0.15) is 0 Å². The van der Waals surface area contributed by atoms with Crippen molar-refractivity contribution in [2.45, 2.75) is 31.7 Å². The summed E-state index contributed by atoms with van der Waals surface area (Å²) >= 11 is 1.80. The van der Waals surface area contributed by atoms with Crippen LogP contribution in [-0.2, 0) is 0 Å². The zero-order valence-electron chi connectivity index (χ0n) is 8.41. The van der Waals surface area contributed by atoms with Gasteiger partial charge in [-0.1, -0.05) is 25.0 Å². The summed E-state index contributed by atoms with van der Waals surface area (Å²) in [5.74, 6) is 0. The molecule has 0 unspecified atom stereocenters. The fraction of sp³-hybridized carbons (Fsp3) is 0.500. The van der Waals surface area contributed by atoms with Crippen molar-refractivity contribution < 1.29 is 0 Å². The molecule has 2 rings (SSSR count). The first-order chi connectivity index (χ1) is 6.95. The molecule has 76 valence electrons. The minimum atomic E-state index is 0.597. The number of hydrogen-bond acceptors (Lipinski definition) is 2. The third-order valence-electron chi connectivity index (χ3n) is 2.63. The smallest absolute Gasteiger partial charge is 0.0267 e. The summed E-state index contributed by atoms with van der Waals surface area (Å²) in [6, 6.07) is 4.86. The molecule has 0 saturated carbocycles. The maximum Gasteiger partial charge on any atom is 0.0267 e. The molecule has 0 aromatic carbocycles. The summed E-state index contributed by atoms with van der Waals surface area (Å²) in [5.41, 5.74) is 0. The maximum absolute atomic E-state index is 3.56. The number of hydrogen-bond donors (Lipinski definition) is 1. The Hall–Kier alpha value is -0.600. The summed E-state index contributed by atoms with van der Waals surface area (Å²) in [4.78, 5) is 1.36. The summed E-state index contributed by atoms with van der Waals surface area (Å²) in [6.45, 7) is 1.18. The molecular formula is C12H17NS. The molecule has 1 fully saturated rings. The first-order valence-corrected chi connectivity index (χ1v) is 6.28. The predicted molar refractivity (Wildman–Crippen MR) is 63.6 cm³/mol. The fourth-order valence-corrected chi connectivity index (χ4v) is 2.45. The van der Waals surface area contributed by atoms with E-state index in [0.29, 0.717) is 6.04 Å². The van der Waals surface area contributed by atoms with Crippen molar-refractivity contribution in [3.05, 3.63) is 28.5 Å². The monoisotopic (exact) mass is 207 g/mol. The molecule has 14 heavy (non-hydrogen) atoms. The summed E-state index contributed by atoms with van der Waals surface area (Å²) in [5, 5.41) is 5.69. The number of nitrogens with one attached hydrogen (secondary N) is 1. The zero-order chi connectivity index (χ0) is 9.64. The summed E-state index contributed by atoms with van der Waals surface area (Å²) in [7, 11) is 0. The van der Waals surface area contributed by atoms with E-state index in [2.05, 4.69) is 35.0 Å². The van der Waals surface area contributed by atoms with Crippen molar-refractivity contribution in [1.29, 1.82) is 0 Å². The van der Waals surface area contributed by atoms with E-state index in [4.69, 9.17) is 0 Å². The van der Waals surface area contributed by atoms with Gasteiger partial charge < -0.3 is 5.32 Å². The van der Waals surface area contributed by atoms with Crippen LogP contribution in [0.15, 0.2) is 23.6 Å². The molecule has 0 amide bonds. The molecule has 1 N–H and O–H groups in total. The van der Waals surface area contributed by atoms with Crippen molar-refractivity contribution in [3.8, 4) is 0 Å². The van der Waals surface area contributed by atoms with Crippen LogP contribution in [0, 0.1) is 0 Å². The van der Waals surface area contributed by atoms with E-state index < -0.39 is 0 Å². The molecule has 1 atom stereocenters. The van der Waals surface area contributed by atoms with E-state index in [1.807, 2.05) is 0 Å². The SMILES string of the molecule is C(=C/[C@@H]1CCCCCN1)/c1cccs1. The topological polar surface area (TPSA) is 12.0 Å². The van der Waals surface area contributed by atoms with Gasteiger partial charge in [-0.25, -0.2) is 0 Å². The molecule has 0 radical (unpaired) electrons. The second-order valence-corrected chi connectivity index (χ2v) is 4.76. The molecule has 1 saturated heterocycles. The van der Waals surface area contributed by atoms with Gasteiger partial charge in [0.2, 0.25) is 0 Å². The summed E-state index contributed by atoms with van der Waals surface area (Å²) < 4.78 is 0. The van der Waals surface area contributed by atoms with Crippen molar-refractivity contribution in [1.82, 2.24) is 5.32 Å². The van der Waals surface area contributed by atoms with Crippen LogP contribution in [-0.4, -0.2) is 12.6 Å². The van der Waals surface area contributed by atoms with E-state index >= 15 is 0 Å². The quantitative estimate of drug-likeness (QED) is 0.784. The molecule has 1 aromatic rings. The average Bonchev–Trinajstić information content (AvgIpc) is 2.58. The molecule has 0 aliphatic carbocycles. The van der Waals surface area contributed by atoms with Crippen LogP contribution in [0.1, 0.15) is 30.6 Å². The Kier molecular flexibility index (Phi) is 3.78. The van der Waals surface area contributed by atoms with E-state index in [0.717, 1.165) is 0 Å². The standard InChI is InChI=1S/C12H17NS/c1-2-5-11(13-9-3-1)7-8-12-6-4-10-14-12/h4,6-8,10-11,13H,1-3,5,9H2/b8-7-/t11-/m0/s1. The van der Waals surface area contributed by atoms with Crippen LogP contribution in [0.25, 0.3) is 6.08 Å². The largest absolute Gasteiger partial charge is 0.311 e. The first kappa shape index (κ1) is 9.94. The third-order valence-corrected chi connectivity index (χ3v) is 3.47. The van der Waals surface area contributed by atoms with Gasteiger partial charge in [-0.15, -0.1) is 11.3 Å². The highest BCUT2D eigenvalue weighted by molar-refractivity contribution is 7.10. The van der Waals surface area contributed by atoms with Gasteiger partial charge in [0, 0.05) is 10.9 Å². The fourth-order valence-electron chi connectivity index (χ4n) is 1.82. The van der Waals surface area contributed by atoms with Crippen LogP contribution in [0.2, 0.25) is 0 Å². The molecular weight excluding hydrogens is 190 g/mol. The molecule has 2 heterocycles. The van der Waals surface area contributed by atoms with Gasteiger partial charge in [-0.3, -0.25) is 0 Å². The zero-order valence-corrected chi connectivity index (χ0v) is 9.22. The average molecular weight is 207 g/mol. The highest BCUT2D eigenvalue weighted by Gasteiger charge is 2.07. The van der Waals surface area contributed by atoms with Crippen molar-refractivity contribution in [2.75, 3.05) is 6.54 Å². The molecule has 1 aromatic heterocycles. The highest BCUT2D eigenvalue weighted by Crippen LogP contribution is 2.14. The lowest BCUT2D eigenvalue weighted by atomic mass is 10.1. The molecule has 1 nitrogen and oxygen atoms in total. The van der Waals surface area contributed by atoms with Crippen molar-refractivity contribution in [2.24, 2.45) is 0 Å². The lowest BCUT2D eigenvalue weighted by Crippen LogP contribution is -2.25. The number of thiophene rings is 1. The Morgan fingerprint density at radius 2 is 2.36 bits per heavy atom. The Morgan fingerprint density at radius 1 is 1.36 bits per heavy atom. The van der Waals surface area contributed by atoms with Gasteiger partial charge in [0.1, 0.15) is 0 Å². The minimum absolute atomic E-state index is 0.597. The number of rotatable bonds is 2. The second kappa shape index (κ2) is 5.32. The Morgan fingerprint density at radius 3 is 3.21 bits per heavy atom. The van der Waals surface area contributed by atoms with Gasteiger partial charge in [0.05, 0.1) is 0 Å². The Bertz CT molecular complexity index is 269. The molecule has 1 aliphatic rings. The summed E-state index contributed by atoms with van der Waals surface area (Å²) in [6.07, 6.45) is 9.94. The van der Waals surface area contributed by atoms with E-state index in [1.165, 1.54) is 37.1 Å². The van der Waals surface area contributed by atoms with Gasteiger partial charge in [-0.05, 0) is 36.9 Å². The molecule has 0 spiro atoms. The van der Waals surface area contributed by atoms with E-state index in [9.17, 15) is 0 Å². The van der Waals surface area contributed by atoms with E-state index in [1.54, 1.807) is 11.3 Å². The maximum atomic E-state index is 3.56. The normalized spacial score (nSPS) is 23.9. The van der Waals surface area contributed by atoms with Crippen molar-refractivity contribution in [3.63, 3.8) is 0 Å². The van der Waals surface area contributed by atoms with E-state index in [-0.39, 0.29) is 0 Å². The first-order valence-electron chi connectivity index (χ1n) is 5.40. The molecule has 1 aliphatic heterocycles. The Labute approximate surface area is 89.8 Å². The second-order valence-electron chi connectivity index (χ2n) is 3.78. The Balaban J connectivity index is 1.89. The molecule has 0 bridgehead atoms. The lowest BCUT2D eigenvalue weighted by Gasteiger charge is -2.09. The highest BCUT2D eigenvalue weighted by atomic mass is 32.1. The van der Waals surface area contributed by atoms with Crippen LogP contribution < -0.4 is 5.32 Å². The van der Waals surface area contributed by atoms with Crippen LogP contribution in [0.5, 0.6) is 0 Å². The van der Waals surface area contributed by atoms with Crippen LogP contribution in [0.4, 0.5) is 0 Å². The van der Waals surface area contributed by atoms with Gasteiger partial charge in [0.25, 0.3) is 0 Å². The lowest BCUT2D eigenvalue weighted by molar-refractivity contribution is 0.599. The van der Waals surface area contributed by atoms with Gasteiger partial charge in [0.15, 0.2) is 0 Å². The molecule has 2 heteroatoms. The van der Waals surface area contributed by atoms with Crippen molar-refractivity contribution >= 4 is 17.4 Å². The van der Waals surface area contributed by atoms with Crippen LogP contribution in [0.3, 0.4) is 0 Å². The van der Waals surface area contributed by atoms with Crippen LogP contribution >= 0.6 is 11.3 Å². The minimum Gasteiger partial charge on any atom is -0.311 e. The third kappa shape index (κ3) is 2.96.